The van der Waals surface area contributed by atoms with Crippen molar-refractivity contribution in [1.82, 2.24) is 19.7 Å². The van der Waals surface area contributed by atoms with Crippen molar-refractivity contribution in [2.45, 2.75) is 90.1 Å². The van der Waals surface area contributed by atoms with Crippen LogP contribution in [0.2, 0.25) is 10.0 Å². The molecule has 53 heavy (non-hydrogen) atoms. The van der Waals surface area contributed by atoms with Gasteiger partial charge in [-0.05, 0) is 99.3 Å². The minimum Gasteiger partial charge on any atom is -0.493 e. The lowest BCUT2D eigenvalue weighted by Crippen LogP contribution is -2.59. The number of allylic oxidation sites excluding steroid dienone is 1. The molecule has 3 aliphatic heterocycles. The number of rotatable bonds is 7. The second-order valence-corrected chi connectivity index (χ2v) is 17.3. The summed E-state index contributed by atoms with van der Waals surface area (Å²) in [6.07, 6.45) is 8.47. The van der Waals surface area contributed by atoms with Gasteiger partial charge in [-0.2, -0.15) is 0 Å². The lowest BCUT2D eigenvalue weighted by atomic mass is 9.71. The number of nitrogens with zero attached hydrogens (tertiary/aromatic N) is 5. The maximum Gasteiger partial charge on any atom is 0.326 e. The van der Waals surface area contributed by atoms with E-state index >= 15 is 4.79 Å². The molecule has 3 atom stereocenters. The van der Waals surface area contributed by atoms with Crippen LogP contribution >= 0.6 is 23.2 Å². The van der Waals surface area contributed by atoms with Crippen molar-refractivity contribution in [2.24, 2.45) is 16.8 Å². The Hall–Kier alpha value is -3.88. The van der Waals surface area contributed by atoms with Gasteiger partial charge in [0.2, 0.25) is 5.91 Å². The fraction of sp³-hybridized carbons (Fsp3) is 0.488. The molecule has 2 saturated heterocycles. The van der Waals surface area contributed by atoms with E-state index in [2.05, 4.69) is 40.7 Å². The van der Waals surface area contributed by atoms with Gasteiger partial charge in [0, 0.05) is 66.0 Å². The predicted molar refractivity (Wildman–Crippen MR) is 212 cm³/mol. The number of urea groups is 1. The number of fused-ring (bicyclic) bond motifs is 1. The quantitative estimate of drug-likeness (QED) is 0.225. The number of amidine groups is 1. The van der Waals surface area contributed by atoms with Gasteiger partial charge in [0.15, 0.2) is 0 Å². The van der Waals surface area contributed by atoms with Crippen LogP contribution in [0.3, 0.4) is 0 Å². The second-order valence-electron chi connectivity index (χ2n) is 16.4. The normalized spacial score (nSPS) is 24.7. The summed E-state index contributed by atoms with van der Waals surface area (Å²) >= 11 is 12.9. The summed E-state index contributed by atoms with van der Waals surface area (Å²) in [5.74, 6) is 2.14. The molecule has 4 heterocycles. The number of aliphatic imine (C=N–C) groups is 1. The Morgan fingerprint density at radius 3 is 2.17 bits per heavy atom. The molecule has 3 amide bonds. The fourth-order valence-electron chi connectivity index (χ4n) is 8.67. The third kappa shape index (κ3) is 6.86. The number of amides is 3. The van der Waals surface area contributed by atoms with Gasteiger partial charge in [-0.3, -0.25) is 19.7 Å². The molecule has 2 aromatic carbocycles. The first-order valence-corrected chi connectivity index (χ1v) is 19.8. The number of hydrogen-bond acceptors (Lipinski definition) is 5. The standard InChI is InChI=1S/C43H51Cl2N5O3/c1-7-53-36-24-37(41(2,3)4)46-25-35(36)39-47-42(5,31-11-15-33(44)16-12-31)43(6,32-13-17-34(45)18-14-32)50(39)40(52)48-21-19-28(20-22-48)23-38(51)49-26-29-9-8-10-30(29)27-49/h9,11-18,24-25,28,30H,7-8,10,19-23,26-27H2,1-6H3/t30?,42-,43+/m0/s1. The third-order valence-corrected chi connectivity index (χ3v) is 12.6. The van der Waals surface area contributed by atoms with Crippen LogP contribution in [-0.4, -0.2) is 70.2 Å². The number of carbonyl (C=O) groups excluding carboxylic acids is 2. The lowest BCUT2D eigenvalue weighted by molar-refractivity contribution is -0.131. The molecule has 2 fully saturated rings. The number of hydrogen-bond donors (Lipinski definition) is 0. The van der Waals surface area contributed by atoms with Crippen LogP contribution in [0.4, 0.5) is 4.79 Å². The van der Waals surface area contributed by atoms with Crippen molar-refractivity contribution in [2.75, 3.05) is 32.8 Å². The van der Waals surface area contributed by atoms with E-state index in [4.69, 9.17) is 37.9 Å². The highest BCUT2D eigenvalue weighted by molar-refractivity contribution is 6.30. The molecule has 0 bridgehead atoms. The van der Waals surface area contributed by atoms with Crippen LogP contribution in [0.5, 0.6) is 5.75 Å². The van der Waals surface area contributed by atoms with Crippen LogP contribution in [0.15, 0.2) is 77.4 Å². The van der Waals surface area contributed by atoms with Gasteiger partial charge in [0.25, 0.3) is 0 Å². The molecule has 0 spiro atoms. The van der Waals surface area contributed by atoms with Gasteiger partial charge in [-0.15, -0.1) is 0 Å². The molecule has 280 valence electrons. The first-order chi connectivity index (χ1) is 25.2. The molecule has 3 aromatic rings. The van der Waals surface area contributed by atoms with E-state index in [1.807, 2.05) is 76.2 Å². The number of aromatic nitrogens is 1. The highest BCUT2D eigenvalue weighted by atomic mass is 35.5. The van der Waals surface area contributed by atoms with E-state index in [9.17, 15) is 4.79 Å². The summed E-state index contributed by atoms with van der Waals surface area (Å²) in [5, 5.41) is 1.22. The van der Waals surface area contributed by atoms with Crippen LogP contribution in [0.25, 0.3) is 0 Å². The summed E-state index contributed by atoms with van der Waals surface area (Å²) in [4.78, 5) is 45.0. The van der Waals surface area contributed by atoms with Crippen molar-refractivity contribution in [3.8, 4) is 5.75 Å². The highest BCUT2D eigenvalue weighted by Crippen LogP contribution is 2.54. The average molecular weight is 757 g/mol. The van der Waals surface area contributed by atoms with Crippen LogP contribution in [0, 0.1) is 11.8 Å². The highest BCUT2D eigenvalue weighted by Gasteiger charge is 2.60. The lowest BCUT2D eigenvalue weighted by Gasteiger charge is -2.47. The van der Waals surface area contributed by atoms with E-state index in [0.29, 0.717) is 59.2 Å². The SMILES string of the molecule is CCOc1cc(C(C)(C)C)ncc1C1=N[C@@](C)(c2ccc(Cl)cc2)[C@@](C)(c2ccc(Cl)cc2)N1C(=O)N1CCC(CC(=O)N2CC3=CCCC3C2)CC1. The van der Waals surface area contributed by atoms with Gasteiger partial charge in [0.1, 0.15) is 22.7 Å². The van der Waals surface area contributed by atoms with Gasteiger partial charge in [-0.1, -0.05) is 74.3 Å². The molecule has 4 aliphatic rings. The molecule has 8 nitrogen and oxygen atoms in total. The zero-order chi connectivity index (χ0) is 37.7. The number of pyridine rings is 1. The third-order valence-electron chi connectivity index (χ3n) is 12.1. The van der Waals surface area contributed by atoms with E-state index < -0.39 is 11.1 Å². The van der Waals surface area contributed by atoms with Crippen LogP contribution < -0.4 is 4.74 Å². The van der Waals surface area contributed by atoms with Crippen LogP contribution in [0.1, 0.15) is 96.0 Å². The summed E-state index contributed by atoms with van der Waals surface area (Å²) in [5.41, 5.74) is 2.56. The fourth-order valence-corrected chi connectivity index (χ4v) is 8.92. The van der Waals surface area contributed by atoms with Crippen LogP contribution in [-0.2, 0) is 21.3 Å². The number of carbonyl (C=O) groups is 2. The summed E-state index contributed by atoms with van der Waals surface area (Å²) in [6.45, 7) is 15.6. The molecule has 7 rings (SSSR count). The van der Waals surface area contributed by atoms with E-state index in [1.54, 1.807) is 6.20 Å². The molecule has 0 radical (unpaired) electrons. The molecule has 1 aromatic heterocycles. The monoisotopic (exact) mass is 755 g/mol. The maximum absolute atomic E-state index is 15.3. The number of likely N-dealkylation sites (tertiary alicyclic amines) is 2. The first-order valence-electron chi connectivity index (χ1n) is 19.0. The minimum atomic E-state index is -1.01. The van der Waals surface area contributed by atoms with E-state index in [0.717, 1.165) is 55.6 Å². The maximum atomic E-state index is 15.3. The minimum absolute atomic E-state index is 0.148. The zero-order valence-corrected chi connectivity index (χ0v) is 33.3. The Kier molecular flexibility index (Phi) is 10.2. The smallest absolute Gasteiger partial charge is 0.326 e. The molecule has 0 N–H and O–H groups in total. The second kappa shape index (κ2) is 14.4. The van der Waals surface area contributed by atoms with Gasteiger partial charge in [0.05, 0.1) is 12.2 Å². The zero-order valence-electron chi connectivity index (χ0n) is 31.8. The number of ether oxygens (including phenoxy) is 1. The van der Waals surface area contributed by atoms with Gasteiger partial charge >= 0.3 is 6.03 Å². The topological polar surface area (TPSA) is 78.3 Å². The number of piperidine rings is 1. The Bertz CT molecular complexity index is 1930. The number of benzene rings is 2. The van der Waals surface area contributed by atoms with Crippen molar-refractivity contribution in [1.29, 1.82) is 0 Å². The predicted octanol–water partition coefficient (Wildman–Crippen LogP) is 9.38. The molecule has 1 aliphatic carbocycles. The molecular weight excluding hydrogens is 705 g/mol. The van der Waals surface area contributed by atoms with Crippen molar-refractivity contribution in [3.63, 3.8) is 0 Å². The summed E-state index contributed by atoms with van der Waals surface area (Å²) < 4.78 is 6.31. The molecule has 0 saturated carbocycles. The van der Waals surface area contributed by atoms with Crippen molar-refractivity contribution in [3.05, 3.63) is 105 Å². The number of halogens is 2. The van der Waals surface area contributed by atoms with Crippen molar-refractivity contribution >= 4 is 41.0 Å². The van der Waals surface area contributed by atoms with E-state index in [-0.39, 0.29) is 23.3 Å². The molecule has 10 heteroatoms. The van der Waals surface area contributed by atoms with E-state index in [1.165, 1.54) is 5.57 Å². The molecule has 1 unspecified atom stereocenters. The Morgan fingerprint density at radius 2 is 1.57 bits per heavy atom. The Labute approximate surface area is 324 Å². The summed E-state index contributed by atoms with van der Waals surface area (Å²) in [7, 11) is 0. The first kappa shape index (κ1) is 37.4. The summed E-state index contributed by atoms with van der Waals surface area (Å²) in [6, 6.07) is 17.2. The largest absolute Gasteiger partial charge is 0.493 e. The van der Waals surface area contributed by atoms with Gasteiger partial charge in [-0.25, -0.2) is 4.79 Å². The van der Waals surface area contributed by atoms with Gasteiger partial charge < -0.3 is 14.5 Å². The average Bonchev–Trinajstić information content (AvgIpc) is 3.81. The Morgan fingerprint density at radius 1 is 0.925 bits per heavy atom. The van der Waals surface area contributed by atoms with Crippen molar-refractivity contribution < 1.29 is 14.3 Å². The Balaban J connectivity index is 1.27. The molecular formula is C43H51Cl2N5O3.